The third kappa shape index (κ3) is 5.31. The molecule has 146 valence electrons. The van der Waals surface area contributed by atoms with Gasteiger partial charge in [-0.25, -0.2) is 0 Å². The minimum absolute atomic E-state index is 0.0634. The molecule has 0 aliphatic carbocycles. The summed E-state index contributed by atoms with van der Waals surface area (Å²) in [5, 5.41) is 10.8. The molecule has 28 heavy (non-hydrogen) atoms. The fourth-order valence-corrected chi connectivity index (χ4v) is 4.18. The average molecular weight is 398 g/mol. The summed E-state index contributed by atoms with van der Waals surface area (Å²) in [6.07, 6.45) is 0. The molecule has 1 unspecified atom stereocenters. The van der Waals surface area contributed by atoms with Crippen molar-refractivity contribution in [3.8, 4) is 5.75 Å². The Morgan fingerprint density at radius 2 is 1.36 bits per heavy atom. The van der Waals surface area contributed by atoms with E-state index in [4.69, 9.17) is 13.8 Å². The number of aliphatic hydroxyl groups excluding tert-OH is 1. The zero-order valence-corrected chi connectivity index (χ0v) is 16.5. The molecule has 5 nitrogen and oxygen atoms in total. The van der Waals surface area contributed by atoms with Gasteiger partial charge in [-0.1, -0.05) is 72.8 Å². The van der Waals surface area contributed by atoms with Gasteiger partial charge in [-0.2, -0.15) is 0 Å². The van der Waals surface area contributed by atoms with Crippen LogP contribution in [0.25, 0.3) is 0 Å². The first-order valence-corrected chi connectivity index (χ1v) is 10.5. The molecule has 0 spiro atoms. The molecular formula is C22H23O5P. The number of ether oxygens (including phenoxy) is 1. The number of hydrogen-bond acceptors (Lipinski definition) is 5. The van der Waals surface area contributed by atoms with Gasteiger partial charge in [-0.05, 0) is 28.8 Å². The summed E-state index contributed by atoms with van der Waals surface area (Å²) in [4.78, 5) is 0. The van der Waals surface area contributed by atoms with Crippen LogP contribution >= 0.6 is 7.60 Å². The minimum atomic E-state index is -3.89. The second-order valence-corrected chi connectivity index (χ2v) is 8.29. The van der Waals surface area contributed by atoms with Crippen molar-refractivity contribution in [2.45, 2.75) is 19.1 Å². The fraction of sp³-hybridized carbons (Fsp3) is 0.182. The highest BCUT2D eigenvalue weighted by molar-refractivity contribution is 7.54. The van der Waals surface area contributed by atoms with Gasteiger partial charge in [-0.3, -0.25) is 4.57 Å². The van der Waals surface area contributed by atoms with Gasteiger partial charge in [0.15, 0.2) is 5.85 Å². The standard InChI is InChI=1S/C22H23O5P/c1-25-21-14-8-13-20(15-21)22(23)28(24,26-16-18-9-4-2-5-10-18)27-17-19-11-6-3-7-12-19/h2-15,22-23H,16-17H2,1H3. The quantitative estimate of drug-likeness (QED) is 0.495. The first-order valence-electron chi connectivity index (χ1n) is 8.89. The van der Waals surface area contributed by atoms with Gasteiger partial charge in [-0.15, -0.1) is 0 Å². The van der Waals surface area contributed by atoms with Crippen molar-refractivity contribution < 1.29 is 23.5 Å². The Morgan fingerprint density at radius 3 is 1.86 bits per heavy atom. The second-order valence-electron chi connectivity index (χ2n) is 6.21. The van der Waals surface area contributed by atoms with Crippen molar-refractivity contribution in [3.05, 3.63) is 102 Å². The number of aliphatic hydroxyl groups is 1. The summed E-state index contributed by atoms with van der Waals surface area (Å²) < 4.78 is 30.1. The van der Waals surface area contributed by atoms with E-state index < -0.39 is 13.4 Å². The van der Waals surface area contributed by atoms with E-state index in [0.29, 0.717) is 11.3 Å². The van der Waals surface area contributed by atoms with Gasteiger partial charge < -0.3 is 18.9 Å². The maximum atomic E-state index is 13.5. The summed E-state index contributed by atoms with van der Waals surface area (Å²) in [7, 11) is -2.36. The molecule has 0 bridgehead atoms. The maximum Gasteiger partial charge on any atom is 0.364 e. The Hall–Kier alpha value is -2.43. The summed E-state index contributed by atoms with van der Waals surface area (Å²) in [6, 6.07) is 25.4. The highest BCUT2D eigenvalue weighted by Gasteiger charge is 2.36. The van der Waals surface area contributed by atoms with E-state index in [9.17, 15) is 9.67 Å². The molecule has 1 N–H and O–H groups in total. The van der Waals surface area contributed by atoms with E-state index in [-0.39, 0.29) is 13.2 Å². The second kappa shape index (κ2) is 9.67. The molecule has 0 fully saturated rings. The van der Waals surface area contributed by atoms with Gasteiger partial charge >= 0.3 is 7.60 Å². The number of methoxy groups -OCH3 is 1. The summed E-state index contributed by atoms with van der Waals surface area (Å²) in [6.45, 7) is 0.127. The van der Waals surface area contributed by atoms with Crippen molar-refractivity contribution in [1.29, 1.82) is 0 Å². The molecule has 1 atom stereocenters. The summed E-state index contributed by atoms with van der Waals surface area (Å²) in [5.74, 6) is -0.885. The summed E-state index contributed by atoms with van der Waals surface area (Å²) in [5.41, 5.74) is 2.08. The van der Waals surface area contributed by atoms with Crippen LogP contribution in [0, 0.1) is 0 Å². The molecule has 0 aliphatic rings. The summed E-state index contributed by atoms with van der Waals surface area (Å²) >= 11 is 0. The minimum Gasteiger partial charge on any atom is -0.497 e. The maximum absolute atomic E-state index is 13.5. The van der Waals surface area contributed by atoms with Crippen LogP contribution in [-0.2, 0) is 26.8 Å². The van der Waals surface area contributed by atoms with Crippen molar-refractivity contribution >= 4 is 7.60 Å². The first kappa shape index (κ1) is 20.3. The molecule has 0 aliphatic heterocycles. The SMILES string of the molecule is COc1cccc(C(O)P(=O)(OCc2ccccc2)OCc2ccccc2)c1. The molecule has 3 aromatic carbocycles. The first-order chi connectivity index (χ1) is 13.6. The molecule has 6 heteroatoms. The Bertz CT molecular complexity index is 867. The molecular weight excluding hydrogens is 375 g/mol. The predicted octanol–water partition coefficient (Wildman–Crippen LogP) is 5.31. The fourth-order valence-electron chi connectivity index (χ4n) is 2.64. The molecule has 0 radical (unpaired) electrons. The van der Waals surface area contributed by atoms with Crippen molar-refractivity contribution in [1.82, 2.24) is 0 Å². The van der Waals surface area contributed by atoms with Crippen molar-refractivity contribution in [2.24, 2.45) is 0 Å². The highest BCUT2D eigenvalue weighted by atomic mass is 31.2. The highest BCUT2D eigenvalue weighted by Crippen LogP contribution is 2.60. The normalized spacial score (nSPS) is 12.5. The monoisotopic (exact) mass is 398 g/mol. The van der Waals surface area contributed by atoms with Crippen LogP contribution in [-0.4, -0.2) is 12.2 Å². The molecule has 3 rings (SSSR count). The Balaban J connectivity index is 1.82. The van der Waals surface area contributed by atoms with Crippen LogP contribution < -0.4 is 4.74 Å². The largest absolute Gasteiger partial charge is 0.497 e. The van der Waals surface area contributed by atoms with Crippen LogP contribution in [0.2, 0.25) is 0 Å². The van der Waals surface area contributed by atoms with Crippen LogP contribution in [0.15, 0.2) is 84.9 Å². The van der Waals surface area contributed by atoms with E-state index >= 15 is 0 Å². The topological polar surface area (TPSA) is 65.0 Å². The number of rotatable bonds is 9. The van der Waals surface area contributed by atoms with Crippen molar-refractivity contribution in [2.75, 3.05) is 7.11 Å². The molecule has 3 aromatic rings. The lowest BCUT2D eigenvalue weighted by Gasteiger charge is -2.24. The lowest BCUT2D eigenvalue weighted by atomic mass is 10.2. The number of benzene rings is 3. The zero-order chi connectivity index (χ0) is 19.8. The van der Waals surface area contributed by atoms with Crippen LogP contribution in [0.3, 0.4) is 0 Å². The molecule has 0 saturated carbocycles. The molecule has 0 heterocycles. The van der Waals surface area contributed by atoms with Crippen LogP contribution in [0.1, 0.15) is 22.5 Å². The van der Waals surface area contributed by atoms with Crippen LogP contribution in [0.4, 0.5) is 0 Å². The van der Waals surface area contributed by atoms with E-state index in [1.54, 1.807) is 24.3 Å². The van der Waals surface area contributed by atoms with Crippen molar-refractivity contribution in [3.63, 3.8) is 0 Å². The third-order valence-electron chi connectivity index (χ3n) is 4.20. The van der Waals surface area contributed by atoms with Gasteiger partial charge in [0.05, 0.1) is 20.3 Å². The van der Waals surface area contributed by atoms with E-state index in [2.05, 4.69) is 0 Å². The molecule has 0 aromatic heterocycles. The van der Waals surface area contributed by atoms with E-state index in [1.807, 2.05) is 60.7 Å². The molecule has 0 amide bonds. The predicted molar refractivity (Wildman–Crippen MR) is 108 cm³/mol. The van der Waals surface area contributed by atoms with Gasteiger partial charge in [0.1, 0.15) is 5.75 Å². The zero-order valence-electron chi connectivity index (χ0n) is 15.6. The van der Waals surface area contributed by atoms with Gasteiger partial charge in [0, 0.05) is 0 Å². The Morgan fingerprint density at radius 1 is 0.821 bits per heavy atom. The Kier molecular flexibility index (Phi) is 7.01. The number of hydrogen-bond donors (Lipinski definition) is 1. The van der Waals surface area contributed by atoms with Gasteiger partial charge in [0.25, 0.3) is 0 Å². The van der Waals surface area contributed by atoms with E-state index in [0.717, 1.165) is 11.1 Å². The lowest BCUT2D eigenvalue weighted by Crippen LogP contribution is -2.07. The third-order valence-corrected chi connectivity index (χ3v) is 6.07. The van der Waals surface area contributed by atoms with E-state index in [1.165, 1.54) is 7.11 Å². The average Bonchev–Trinajstić information content (AvgIpc) is 2.77. The lowest BCUT2D eigenvalue weighted by molar-refractivity contribution is 0.133. The van der Waals surface area contributed by atoms with Crippen LogP contribution in [0.5, 0.6) is 5.75 Å². The van der Waals surface area contributed by atoms with Gasteiger partial charge in [0.2, 0.25) is 0 Å². The smallest absolute Gasteiger partial charge is 0.364 e. The Labute approximate surface area is 165 Å². The molecule has 0 saturated heterocycles.